The molecule has 1 aromatic heterocycles. The van der Waals surface area contributed by atoms with Gasteiger partial charge in [-0.05, 0) is 54.5 Å². The molecular weight excluding hydrogens is 522 g/mol. The maximum atomic E-state index is 14.7. The van der Waals surface area contributed by atoms with Gasteiger partial charge in [0.15, 0.2) is 11.6 Å². The van der Waals surface area contributed by atoms with Gasteiger partial charge in [-0.25, -0.2) is 0 Å². The number of allylic oxidation sites excluding steroid dienone is 1. The van der Waals surface area contributed by atoms with Crippen molar-refractivity contribution in [1.82, 2.24) is 4.98 Å². The van der Waals surface area contributed by atoms with E-state index in [9.17, 15) is 14.4 Å². The van der Waals surface area contributed by atoms with Crippen LogP contribution in [0.1, 0.15) is 38.8 Å². The Hall–Kier alpha value is -4.55. The number of carbonyl (C=O) groups excluding carboxylic acids is 3. The number of rotatable bonds is 4. The number of nitrogens with one attached hydrogen (secondary N) is 1. The number of Topliss-reactive ketones (excluding diaryl/α,β-unsaturated/α-hetero) is 2. The summed E-state index contributed by atoms with van der Waals surface area (Å²) in [6.07, 6.45) is 5.14. The molecule has 4 aromatic rings. The Morgan fingerprint density at radius 1 is 0.900 bits per heavy atom. The molecule has 0 saturated carbocycles. The number of ketones is 2. The highest BCUT2D eigenvalue weighted by molar-refractivity contribution is 6.34. The van der Waals surface area contributed by atoms with E-state index in [0.29, 0.717) is 27.4 Å². The zero-order valence-corrected chi connectivity index (χ0v) is 22.3. The summed E-state index contributed by atoms with van der Waals surface area (Å²) in [5, 5.41) is 3.35. The van der Waals surface area contributed by atoms with E-state index in [1.54, 1.807) is 48.8 Å². The van der Waals surface area contributed by atoms with Crippen LogP contribution in [0.25, 0.3) is 5.57 Å². The van der Waals surface area contributed by atoms with Gasteiger partial charge in [0.1, 0.15) is 11.5 Å². The van der Waals surface area contributed by atoms with Gasteiger partial charge in [0.05, 0.1) is 17.0 Å². The molecule has 1 saturated heterocycles. The zero-order valence-electron chi connectivity index (χ0n) is 21.5. The van der Waals surface area contributed by atoms with Gasteiger partial charge < -0.3 is 10.2 Å². The molecule has 4 heterocycles. The lowest BCUT2D eigenvalue weighted by molar-refractivity contribution is -0.121. The topological polar surface area (TPSA) is 79.4 Å². The molecule has 1 spiro atoms. The largest absolute Gasteiger partial charge is 0.352 e. The number of fused-ring (bicyclic) bond motifs is 6. The molecule has 3 aromatic carbocycles. The lowest BCUT2D eigenvalue weighted by Gasteiger charge is -2.39. The molecule has 1 N–H and O–H groups in total. The summed E-state index contributed by atoms with van der Waals surface area (Å²) >= 11 is 6.58. The number of amides is 1. The second-order valence-corrected chi connectivity index (χ2v) is 10.9. The van der Waals surface area contributed by atoms with E-state index in [1.807, 2.05) is 66.4 Å². The van der Waals surface area contributed by atoms with Gasteiger partial charge in [0.25, 0.3) is 0 Å². The van der Waals surface area contributed by atoms with Crippen molar-refractivity contribution >= 4 is 46.0 Å². The van der Waals surface area contributed by atoms with E-state index in [2.05, 4.69) is 10.3 Å². The van der Waals surface area contributed by atoms with Crippen LogP contribution < -0.4 is 10.2 Å². The van der Waals surface area contributed by atoms with Gasteiger partial charge >= 0.3 is 0 Å². The van der Waals surface area contributed by atoms with Gasteiger partial charge in [0, 0.05) is 40.5 Å². The van der Waals surface area contributed by atoms with Gasteiger partial charge in [-0.1, -0.05) is 66.2 Å². The molecule has 7 rings (SSSR count). The molecule has 0 unspecified atom stereocenters. The number of anilines is 2. The van der Waals surface area contributed by atoms with Crippen LogP contribution in [-0.4, -0.2) is 34.5 Å². The third-order valence-corrected chi connectivity index (χ3v) is 8.87. The number of hydrogen-bond acceptors (Lipinski definition) is 5. The van der Waals surface area contributed by atoms with Crippen LogP contribution in [0.3, 0.4) is 0 Å². The van der Waals surface area contributed by atoms with E-state index in [0.717, 1.165) is 16.8 Å². The van der Waals surface area contributed by atoms with Crippen molar-refractivity contribution in [3.63, 3.8) is 0 Å². The monoisotopic (exact) mass is 545 g/mol. The molecule has 6 nitrogen and oxygen atoms in total. The summed E-state index contributed by atoms with van der Waals surface area (Å²) in [7, 11) is 0. The Bertz CT molecular complexity index is 1750. The fraction of sp³-hybridized carbons (Fsp3) is 0.152. The van der Waals surface area contributed by atoms with E-state index in [4.69, 9.17) is 11.6 Å². The molecular formula is C33H24ClN3O3. The van der Waals surface area contributed by atoms with Gasteiger partial charge in [-0.2, -0.15) is 0 Å². The van der Waals surface area contributed by atoms with Crippen molar-refractivity contribution in [2.75, 3.05) is 10.2 Å². The van der Waals surface area contributed by atoms with Crippen molar-refractivity contribution < 1.29 is 14.4 Å². The predicted molar refractivity (Wildman–Crippen MR) is 155 cm³/mol. The van der Waals surface area contributed by atoms with Crippen LogP contribution in [0.15, 0.2) is 103 Å². The Morgan fingerprint density at radius 3 is 2.40 bits per heavy atom. The molecule has 0 aliphatic carbocycles. The average molecular weight is 546 g/mol. The molecule has 1 amide bonds. The van der Waals surface area contributed by atoms with Gasteiger partial charge in [-0.3, -0.25) is 19.4 Å². The fourth-order valence-electron chi connectivity index (χ4n) is 6.90. The highest BCUT2D eigenvalue weighted by atomic mass is 35.5. The van der Waals surface area contributed by atoms with Gasteiger partial charge in [-0.15, -0.1) is 0 Å². The third-order valence-electron chi connectivity index (χ3n) is 8.54. The van der Waals surface area contributed by atoms with E-state index >= 15 is 0 Å². The number of aromatic nitrogens is 1. The summed E-state index contributed by atoms with van der Waals surface area (Å²) in [6.45, 7) is 2.01. The average Bonchev–Trinajstić information content (AvgIpc) is 3.45. The minimum absolute atomic E-state index is 0.294. The summed E-state index contributed by atoms with van der Waals surface area (Å²) in [5.74, 6) is -1.95. The van der Waals surface area contributed by atoms with Crippen molar-refractivity contribution in [3.05, 3.63) is 131 Å². The Labute approximate surface area is 236 Å². The molecule has 3 aliphatic heterocycles. The smallest absolute Gasteiger partial charge is 0.238 e. The number of para-hydroxylation sites is 2. The SMILES string of the molecule is CC1=C[C@@H]2N(c3ccccc31)[C@@H](C(=O)c1ccccc1Cl)[C@@H](C(=O)c1ccncc1)[C@]21C(=O)Nc2ccccc21. The molecule has 1 fully saturated rings. The summed E-state index contributed by atoms with van der Waals surface area (Å²) in [5.41, 5.74) is 3.43. The number of pyridine rings is 1. The molecule has 4 atom stereocenters. The van der Waals surface area contributed by atoms with Crippen molar-refractivity contribution in [1.29, 1.82) is 0 Å². The Morgan fingerprint density at radius 2 is 1.60 bits per heavy atom. The first-order chi connectivity index (χ1) is 19.4. The fourth-order valence-corrected chi connectivity index (χ4v) is 7.13. The highest BCUT2D eigenvalue weighted by Crippen LogP contribution is 2.58. The van der Waals surface area contributed by atoms with Crippen molar-refractivity contribution in [3.8, 4) is 0 Å². The zero-order chi connectivity index (χ0) is 27.6. The van der Waals surface area contributed by atoms with Crippen molar-refractivity contribution in [2.24, 2.45) is 5.92 Å². The quantitative estimate of drug-likeness (QED) is 0.319. The van der Waals surface area contributed by atoms with Crippen LogP contribution >= 0.6 is 11.6 Å². The number of halogens is 1. The van der Waals surface area contributed by atoms with E-state index < -0.39 is 23.4 Å². The Kier molecular flexibility index (Phi) is 5.51. The first-order valence-electron chi connectivity index (χ1n) is 13.1. The molecule has 40 heavy (non-hydrogen) atoms. The number of nitrogens with zero attached hydrogens (tertiary/aromatic N) is 2. The first-order valence-corrected chi connectivity index (χ1v) is 13.5. The van der Waals surface area contributed by atoms with E-state index in [1.165, 1.54) is 0 Å². The first kappa shape index (κ1) is 24.5. The molecule has 196 valence electrons. The minimum Gasteiger partial charge on any atom is -0.352 e. The van der Waals surface area contributed by atoms with Crippen LogP contribution in [0, 0.1) is 5.92 Å². The molecule has 3 aliphatic rings. The van der Waals surface area contributed by atoms with Crippen LogP contribution in [-0.2, 0) is 10.2 Å². The molecule has 0 bridgehead atoms. The summed E-state index contributed by atoms with van der Waals surface area (Å²) < 4.78 is 0. The highest BCUT2D eigenvalue weighted by Gasteiger charge is 2.70. The second-order valence-electron chi connectivity index (χ2n) is 10.5. The maximum Gasteiger partial charge on any atom is 0.238 e. The second kappa shape index (κ2) is 9.00. The standard InChI is InChI=1S/C33H24ClN3O3/c1-19-18-27-33(23-10-4-6-12-25(23)36-32(33)40)28(30(38)20-14-16-35-17-15-20)29(31(39)22-9-2-5-11-24(22)34)37(27)26-13-7-3-8-21(19)26/h2-18,27-29H,1H3,(H,36,40)/t27-,28-,29+,33+/m0/s1. The van der Waals surface area contributed by atoms with Gasteiger partial charge in [0.2, 0.25) is 5.91 Å². The number of carbonyl (C=O) groups is 3. The summed E-state index contributed by atoms with van der Waals surface area (Å²) in [4.78, 5) is 49.8. The lowest BCUT2D eigenvalue weighted by atomic mass is 9.64. The Balaban J connectivity index is 1.57. The normalized spacial score (nSPS) is 24.1. The predicted octanol–water partition coefficient (Wildman–Crippen LogP) is 5.98. The maximum absolute atomic E-state index is 14.7. The van der Waals surface area contributed by atoms with Crippen LogP contribution in [0.2, 0.25) is 5.02 Å². The molecule has 0 radical (unpaired) electrons. The molecule has 7 heteroatoms. The minimum atomic E-state index is -1.37. The summed E-state index contributed by atoms with van der Waals surface area (Å²) in [6, 6.07) is 23.8. The van der Waals surface area contributed by atoms with Crippen LogP contribution in [0.5, 0.6) is 0 Å². The van der Waals surface area contributed by atoms with Crippen LogP contribution in [0.4, 0.5) is 11.4 Å². The lowest BCUT2D eigenvalue weighted by Crippen LogP contribution is -2.51. The number of benzene rings is 3. The van der Waals surface area contributed by atoms with Crippen molar-refractivity contribution in [2.45, 2.75) is 24.4 Å². The third kappa shape index (κ3) is 3.23. The van der Waals surface area contributed by atoms with E-state index in [-0.39, 0.29) is 17.5 Å². The number of hydrogen-bond donors (Lipinski definition) is 1.